The molecule has 2 heterocycles. The minimum Gasteiger partial charge on any atom is -0.477 e. The van der Waals surface area contributed by atoms with E-state index in [9.17, 15) is 18.3 Å². The molecule has 6 nitrogen and oxygen atoms in total. The molecule has 0 saturated carbocycles. The van der Waals surface area contributed by atoms with Gasteiger partial charge in [-0.15, -0.1) is 0 Å². The number of pyridine rings is 1. The normalized spacial score (nSPS) is 17.8. The maximum Gasteiger partial charge on any atom is 0.354 e. The van der Waals surface area contributed by atoms with Gasteiger partial charge in [-0.3, -0.25) is 0 Å². The van der Waals surface area contributed by atoms with Crippen LogP contribution in [0.25, 0.3) is 10.8 Å². The van der Waals surface area contributed by atoms with Gasteiger partial charge in [0, 0.05) is 18.5 Å². The van der Waals surface area contributed by atoms with Gasteiger partial charge < -0.3 is 10.0 Å². The third-order valence-corrected chi connectivity index (χ3v) is 5.19. The Bertz CT molecular complexity index is 803. The molecule has 0 unspecified atom stereocenters. The molecule has 0 amide bonds. The van der Waals surface area contributed by atoms with Crippen LogP contribution in [0.2, 0.25) is 0 Å². The van der Waals surface area contributed by atoms with Crippen LogP contribution in [0.1, 0.15) is 10.5 Å². The molecule has 1 N–H and O–H groups in total. The summed E-state index contributed by atoms with van der Waals surface area (Å²) in [6.45, 7) is 0.671. The Morgan fingerprint density at radius 3 is 2.52 bits per heavy atom. The zero-order chi connectivity index (χ0) is 15.0. The lowest BCUT2D eigenvalue weighted by Crippen LogP contribution is -2.41. The lowest BCUT2D eigenvalue weighted by atomic mass is 10.1. The first kappa shape index (κ1) is 13.8. The van der Waals surface area contributed by atoms with Gasteiger partial charge in [-0.2, -0.15) is 0 Å². The van der Waals surface area contributed by atoms with Crippen molar-refractivity contribution in [1.29, 1.82) is 0 Å². The highest BCUT2D eigenvalue weighted by atomic mass is 32.2. The van der Waals surface area contributed by atoms with Gasteiger partial charge >= 0.3 is 5.97 Å². The number of carboxylic acids is 1. The third-order valence-electron chi connectivity index (χ3n) is 3.58. The van der Waals surface area contributed by atoms with Crippen LogP contribution in [-0.4, -0.2) is 49.1 Å². The number of hydrogen-bond acceptors (Lipinski definition) is 5. The molecule has 0 spiro atoms. The van der Waals surface area contributed by atoms with Crippen LogP contribution in [0.4, 0.5) is 5.82 Å². The summed E-state index contributed by atoms with van der Waals surface area (Å²) in [7, 11) is -2.99. The Balaban J connectivity index is 2.10. The SMILES string of the molecule is O=C(O)c1cc2ccccc2c(N2CCS(=O)(=O)CC2)n1. The van der Waals surface area contributed by atoms with Crippen LogP contribution < -0.4 is 4.90 Å². The quantitative estimate of drug-likeness (QED) is 0.896. The minimum atomic E-state index is -2.99. The van der Waals surface area contributed by atoms with Gasteiger partial charge in [0.1, 0.15) is 5.82 Å². The summed E-state index contributed by atoms with van der Waals surface area (Å²) in [5.41, 5.74) is -0.0304. The molecule has 1 aromatic carbocycles. The number of carbonyl (C=O) groups is 1. The molecular formula is C14H14N2O4S. The number of benzene rings is 1. The fourth-order valence-electron chi connectivity index (χ4n) is 2.46. The maximum atomic E-state index is 11.5. The molecule has 7 heteroatoms. The van der Waals surface area contributed by atoms with Crippen molar-refractivity contribution < 1.29 is 18.3 Å². The first-order valence-corrected chi connectivity index (χ1v) is 8.37. The standard InChI is InChI=1S/C14H14N2O4S/c17-14(18)12-9-10-3-1-2-4-11(10)13(15-12)16-5-7-21(19,20)8-6-16/h1-4,9H,5-8H2,(H,17,18). The predicted octanol–water partition coefficient (Wildman–Crippen LogP) is 1.17. The molecule has 1 aliphatic heterocycles. The van der Waals surface area contributed by atoms with E-state index in [2.05, 4.69) is 4.98 Å². The number of carboxylic acid groups (broad SMARTS) is 1. The molecule has 110 valence electrons. The Kier molecular flexibility index (Phi) is 3.29. The molecule has 0 aliphatic carbocycles. The molecule has 1 saturated heterocycles. The van der Waals surface area contributed by atoms with E-state index in [0.29, 0.717) is 18.9 Å². The van der Waals surface area contributed by atoms with Crippen LogP contribution >= 0.6 is 0 Å². The minimum absolute atomic E-state index is 0.0304. The van der Waals surface area contributed by atoms with E-state index >= 15 is 0 Å². The summed E-state index contributed by atoms with van der Waals surface area (Å²) in [5.74, 6) is -0.410. The highest BCUT2D eigenvalue weighted by molar-refractivity contribution is 7.91. The average Bonchev–Trinajstić information content (AvgIpc) is 2.46. The molecule has 3 rings (SSSR count). The van der Waals surface area contributed by atoms with Crippen LogP contribution in [-0.2, 0) is 9.84 Å². The average molecular weight is 306 g/mol. The van der Waals surface area contributed by atoms with Crippen molar-refractivity contribution in [2.24, 2.45) is 0 Å². The van der Waals surface area contributed by atoms with E-state index in [0.717, 1.165) is 10.8 Å². The second-order valence-corrected chi connectivity index (χ2v) is 7.30. The first-order chi connectivity index (χ1) is 9.96. The van der Waals surface area contributed by atoms with Gasteiger partial charge in [0.25, 0.3) is 0 Å². The second-order valence-electron chi connectivity index (χ2n) is 5.00. The van der Waals surface area contributed by atoms with E-state index < -0.39 is 15.8 Å². The number of hydrogen-bond donors (Lipinski definition) is 1. The van der Waals surface area contributed by atoms with E-state index in [-0.39, 0.29) is 17.2 Å². The van der Waals surface area contributed by atoms with Crippen molar-refractivity contribution in [1.82, 2.24) is 4.98 Å². The topological polar surface area (TPSA) is 87.6 Å². The van der Waals surface area contributed by atoms with Crippen molar-refractivity contribution >= 4 is 32.4 Å². The Hall–Kier alpha value is -2.15. The van der Waals surface area contributed by atoms with Gasteiger partial charge in [-0.05, 0) is 11.5 Å². The van der Waals surface area contributed by atoms with Crippen molar-refractivity contribution in [2.75, 3.05) is 29.5 Å². The van der Waals surface area contributed by atoms with Gasteiger partial charge in [0.15, 0.2) is 15.5 Å². The predicted molar refractivity (Wildman–Crippen MR) is 79.6 cm³/mol. The third kappa shape index (κ3) is 2.69. The largest absolute Gasteiger partial charge is 0.477 e. The molecule has 0 bridgehead atoms. The number of fused-ring (bicyclic) bond motifs is 1. The molecule has 0 atom stereocenters. The summed E-state index contributed by atoms with van der Waals surface area (Å²) in [5, 5.41) is 10.8. The van der Waals surface area contributed by atoms with Crippen LogP contribution in [0.15, 0.2) is 30.3 Å². The maximum absolute atomic E-state index is 11.5. The van der Waals surface area contributed by atoms with Crippen molar-refractivity contribution in [3.63, 3.8) is 0 Å². The van der Waals surface area contributed by atoms with Crippen molar-refractivity contribution in [3.05, 3.63) is 36.0 Å². The fourth-order valence-corrected chi connectivity index (χ4v) is 3.66. The molecule has 1 aromatic heterocycles. The van der Waals surface area contributed by atoms with E-state index in [1.165, 1.54) is 6.07 Å². The van der Waals surface area contributed by atoms with Gasteiger partial charge in [-0.25, -0.2) is 18.2 Å². The highest BCUT2D eigenvalue weighted by Gasteiger charge is 2.24. The monoisotopic (exact) mass is 306 g/mol. The molecule has 1 aliphatic rings. The van der Waals surface area contributed by atoms with Crippen LogP contribution in [0, 0.1) is 0 Å². The summed E-state index contributed by atoms with van der Waals surface area (Å²) in [6, 6.07) is 8.91. The number of aromatic nitrogens is 1. The van der Waals surface area contributed by atoms with E-state index in [1.807, 2.05) is 29.2 Å². The first-order valence-electron chi connectivity index (χ1n) is 6.55. The number of anilines is 1. The molecular weight excluding hydrogens is 292 g/mol. The lowest BCUT2D eigenvalue weighted by molar-refractivity contribution is 0.0691. The molecule has 21 heavy (non-hydrogen) atoms. The Morgan fingerprint density at radius 2 is 1.86 bits per heavy atom. The summed E-state index contributed by atoms with van der Waals surface area (Å²) in [4.78, 5) is 17.3. The second kappa shape index (κ2) is 5.00. The van der Waals surface area contributed by atoms with E-state index in [1.54, 1.807) is 0 Å². The molecule has 1 fully saturated rings. The van der Waals surface area contributed by atoms with E-state index in [4.69, 9.17) is 0 Å². The number of aromatic carboxylic acids is 1. The summed E-state index contributed by atoms with van der Waals surface area (Å²) >= 11 is 0. The number of nitrogens with zero attached hydrogens (tertiary/aromatic N) is 2. The lowest BCUT2D eigenvalue weighted by Gasteiger charge is -2.28. The van der Waals surface area contributed by atoms with Crippen LogP contribution in [0.3, 0.4) is 0 Å². The van der Waals surface area contributed by atoms with Crippen molar-refractivity contribution in [3.8, 4) is 0 Å². The Labute approximate surface area is 121 Å². The highest BCUT2D eigenvalue weighted by Crippen LogP contribution is 2.27. The zero-order valence-corrected chi connectivity index (χ0v) is 12.0. The van der Waals surface area contributed by atoms with Gasteiger partial charge in [0.2, 0.25) is 0 Å². The number of sulfone groups is 1. The number of rotatable bonds is 2. The van der Waals surface area contributed by atoms with Gasteiger partial charge in [-0.1, -0.05) is 24.3 Å². The zero-order valence-electron chi connectivity index (χ0n) is 11.2. The Morgan fingerprint density at radius 1 is 1.19 bits per heavy atom. The molecule has 0 radical (unpaired) electrons. The summed E-state index contributed by atoms with van der Waals surface area (Å²) in [6.07, 6.45) is 0. The summed E-state index contributed by atoms with van der Waals surface area (Å²) < 4.78 is 23.1. The van der Waals surface area contributed by atoms with Crippen molar-refractivity contribution in [2.45, 2.75) is 0 Å². The fraction of sp³-hybridized carbons (Fsp3) is 0.286. The smallest absolute Gasteiger partial charge is 0.354 e. The van der Waals surface area contributed by atoms with Crippen LogP contribution in [0.5, 0.6) is 0 Å². The molecule has 2 aromatic rings. The van der Waals surface area contributed by atoms with Gasteiger partial charge in [0.05, 0.1) is 11.5 Å².